The zero-order valence-electron chi connectivity index (χ0n) is 18.9. The number of hydrogen-bond acceptors (Lipinski definition) is 6. The highest BCUT2D eigenvalue weighted by atomic mass is 79.9. The molecule has 35 heavy (non-hydrogen) atoms. The van der Waals surface area contributed by atoms with Crippen molar-refractivity contribution in [1.82, 2.24) is 19.7 Å². The second-order valence-corrected chi connectivity index (χ2v) is 9.99. The van der Waals surface area contributed by atoms with Crippen molar-refractivity contribution in [2.45, 2.75) is 5.16 Å². The van der Waals surface area contributed by atoms with E-state index in [1.165, 1.54) is 17.4 Å². The van der Waals surface area contributed by atoms with Gasteiger partial charge in [0.1, 0.15) is 5.75 Å². The maximum absolute atomic E-state index is 13.0. The summed E-state index contributed by atoms with van der Waals surface area (Å²) in [5.41, 5.74) is 2.61. The third-order valence-corrected chi connectivity index (χ3v) is 7.33. The number of para-hydroxylation sites is 2. The van der Waals surface area contributed by atoms with E-state index in [4.69, 9.17) is 0 Å². The van der Waals surface area contributed by atoms with Crippen LogP contribution < -0.4 is 4.90 Å². The van der Waals surface area contributed by atoms with Crippen molar-refractivity contribution in [2.24, 2.45) is 0 Å². The quantitative estimate of drug-likeness (QED) is 0.347. The standard InChI is InChI=1S/C26H24BrN5O2S/c27-19-11-12-23(33)22(17-19)25-28-29-26(32(25)21-9-5-2-6-10-21)35-18-24(34)31-15-13-30(14-16-31)20-7-3-1-4-8-20/h1-12,17,33H,13-16,18H2. The molecule has 1 N–H and O–H groups in total. The van der Waals surface area contributed by atoms with E-state index < -0.39 is 0 Å². The first-order valence-corrected chi connectivity index (χ1v) is 13.1. The second kappa shape index (κ2) is 10.5. The largest absolute Gasteiger partial charge is 0.507 e. The number of hydrogen-bond donors (Lipinski definition) is 1. The van der Waals surface area contributed by atoms with E-state index in [0.717, 1.165) is 23.2 Å². The SMILES string of the molecule is O=C(CSc1nnc(-c2cc(Br)ccc2O)n1-c1ccccc1)N1CCN(c2ccccc2)CC1. The number of phenols is 1. The zero-order valence-corrected chi connectivity index (χ0v) is 21.3. The van der Waals surface area contributed by atoms with Gasteiger partial charge in [-0.15, -0.1) is 10.2 Å². The Morgan fingerprint density at radius 1 is 0.886 bits per heavy atom. The van der Waals surface area contributed by atoms with E-state index in [1.807, 2.05) is 64.1 Å². The number of thioether (sulfide) groups is 1. The Balaban J connectivity index is 1.32. The smallest absolute Gasteiger partial charge is 0.233 e. The highest BCUT2D eigenvalue weighted by Gasteiger charge is 2.24. The number of nitrogens with zero attached hydrogens (tertiary/aromatic N) is 5. The number of carbonyl (C=O) groups excluding carboxylic acids is 1. The van der Waals surface area contributed by atoms with Gasteiger partial charge in [-0.1, -0.05) is 64.1 Å². The summed E-state index contributed by atoms with van der Waals surface area (Å²) in [6, 6.07) is 25.2. The maximum Gasteiger partial charge on any atom is 0.233 e. The number of carbonyl (C=O) groups is 1. The molecule has 3 aromatic carbocycles. The van der Waals surface area contributed by atoms with Crippen LogP contribution in [0.15, 0.2) is 88.5 Å². The number of phenolic OH excluding ortho intramolecular Hbond substituents is 1. The molecule has 7 nitrogen and oxygen atoms in total. The van der Waals surface area contributed by atoms with Gasteiger partial charge >= 0.3 is 0 Å². The summed E-state index contributed by atoms with van der Waals surface area (Å²) in [5, 5.41) is 19.8. The summed E-state index contributed by atoms with van der Waals surface area (Å²) < 4.78 is 2.71. The third-order valence-electron chi connectivity index (χ3n) is 5.93. The van der Waals surface area contributed by atoms with Crippen LogP contribution >= 0.6 is 27.7 Å². The molecule has 2 heterocycles. The van der Waals surface area contributed by atoms with Gasteiger partial charge in [0.05, 0.1) is 11.3 Å². The minimum absolute atomic E-state index is 0.0807. The van der Waals surface area contributed by atoms with Crippen LogP contribution in [0.3, 0.4) is 0 Å². The normalized spacial score (nSPS) is 13.7. The van der Waals surface area contributed by atoms with Crippen molar-refractivity contribution in [1.29, 1.82) is 0 Å². The average molecular weight is 550 g/mol. The Labute approximate surface area is 216 Å². The fourth-order valence-corrected chi connectivity index (χ4v) is 5.32. The van der Waals surface area contributed by atoms with Gasteiger partial charge in [-0.05, 0) is 42.5 Å². The molecule has 1 aliphatic rings. The van der Waals surface area contributed by atoms with E-state index in [2.05, 4.69) is 43.2 Å². The highest BCUT2D eigenvalue weighted by Crippen LogP contribution is 2.34. The molecule has 0 atom stereocenters. The molecule has 1 amide bonds. The fraction of sp³-hybridized carbons (Fsp3) is 0.192. The van der Waals surface area contributed by atoms with Gasteiger partial charge < -0.3 is 14.9 Å². The molecule has 1 aromatic heterocycles. The molecule has 1 aliphatic heterocycles. The van der Waals surface area contributed by atoms with Crippen LogP contribution in [0.1, 0.15) is 0 Å². The van der Waals surface area contributed by atoms with E-state index in [1.54, 1.807) is 12.1 Å². The molecule has 5 rings (SSSR count). The number of aromatic nitrogens is 3. The summed E-state index contributed by atoms with van der Waals surface area (Å²) in [6.07, 6.45) is 0. The Bertz CT molecular complexity index is 1310. The van der Waals surface area contributed by atoms with E-state index in [0.29, 0.717) is 29.6 Å². The summed E-state index contributed by atoms with van der Waals surface area (Å²) in [6.45, 7) is 3.01. The molecule has 178 valence electrons. The minimum Gasteiger partial charge on any atom is -0.507 e. The van der Waals surface area contributed by atoms with Gasteiger partial charge in [0.25, 0.3) is 0 Å². The number of benzene rings is 3. The molecular formula is C26H24BrN5O2S. The Kier molecular flexibility index (Phi) is 7.06. The number of amides is 1. The molecule has 0 aliphatic carbocycles. The number of halogens is 1. The number of piperazine rings is 1. The summed E-state index contributed by atoms with van der Waals surface area (Å²) in [4.78, 5) is 17.2. The van der Waals surface area contributed by atoms with Crippen molar-refractivity contribution in [2.75, 3.05) is 36.8 Å². The molecule has 0 radical (unpaired) electrons. The van der Waals surface area contributed by atoms with Gasteiger partial charge in [0, 0.05) is 42.0 Å². The Hall–Kier alpha value is -3.30. The summed E-state index contributed by atoms with van der Waals surface area (Å²) in [7, 11) is 0. The van der Waals surface area contributed by atoms with Crippen LogP contribution in [0, 0.1) is 0 Å². The predicted molar refractivity (Wildman–Crippen MR) is 142 cm³/mol. The second-order valence-electron chi connectivity index (χ2n) is 8.13. The van der Waals surface area contributed by atoms with Crippen LogP contribution in [0.2, 0.25) is 0 Å². The van der Waals surface area contributed by atoms with Crippen molar-refractivity contribution in [3.05, 3.63) is 83.3 Å². The Morgan fingerprint density at radius 3 is 2.23 bits per heavy atom. The van der Waals surface area contributed by atoms with Gasteiger partial charge in [0.15, 0.2) is 11.0 Å². The van der Waals surface area contributed by atoms with Gasteiger partial charge in [-0.3, -0.25) is 9.36 Å². The zero-order chi connectivity index (χ0) is 24.2. The van der Waals surface area contributed by atoms with E-state index in [9.17, 15) is 9.90 Å². The molecule has 4 aromatic rings. The highest BCUT2D eigenvalue weighted by molar-refractivity contribution is 9.10. The van der Waals surface area contributed by atoms with Crippen LogP contribution in [-0.4, -0.2) is 62.6 Å². The first-order chi connectivity index (χ1) is 17.1. The van der Waals surface area contributed by atoms with Crippen LogP contribution in [0.4, 0.5) is 5.69 Å². The van der Waals surface area contributed by atoms with Crippen LogP contribution in [0.25, 0.3) is 17.1 Å². The van der Waals surface area contributed by atoms with Crippen molar-refractivity contribution >= 4 is 39.3 Å². The Morgan fingerprint density at radius 2 is 1.54 bits per heavy atom. The van der Waals surface area contributed by atoms with Gasteiger partial charge in [0.2, 0.25) is 5.91 Å². The van der Waals surface area contributed by atoms with Gasteiger partial charge in [-0.25, -0.2) is 0 Å². The lowest BCUT2D eigenvalue weighted by Gasteiger charge is -2.36. The van der Waals surface area contributed by atoms with Crippen molar-refractivity contribution in [3.8, 4) is 22.8 Å². The maximum atomic E-state index is 13.0. The lowest BCUT2D eigenvalue weighted by molar-refractivity contribution is -0.128. The van der Waals surface area contributed by atoms with Crippen LogP contribution in [0.5, 0.6) is 5.75 Å². The van der Waals surface area contributed by atoms with Crippen LogP contribution in [-0.2, 0) is 4.79 Å². The topological polar surface area (TPSA) is 74.5 Å². The minimum atomic E-state index is 0.0807. The lowest BCUT2D eigenvalue weighted by Crippen LogP contribution is -2.49. The summed E-state index contributed by atoms with van der Waals surface area (Å²) >= 11 is 4.82. The molecule has 0 saturated carbocycles. The number of anilines is 1. The molecule has 0 bridgehead atoms. The molecule has 1 saturated heterocycles. The molecular weight excluding hydrogens is 526 g/mol. The van der Waals surface area contributed by atoms with E-state index in [-0.39, 0.29) is 17.4 Å². The first-order valence-electron chi connectivity index (χ1n) is 11.3. The van der Waals surface area contributed by atoms with Gasteiger partial charge in [-0.2, -0.15) is 0 Å². The molecule has 1 fully saturated rings. The summed E-state index contributed by atoms with van der Waals surface area (Å²) in [5.74, 6) is 0.973. The third kappa shape index (κ3) is 5.21. The number of rotatable bonds is 6. The average Bonchev–Trinajstić information content (AvgIpc) is 3.33. The van der Waals surface area contributed by atoms with Crippen molar-refractivity contribution in [3.63, 3.8) is 0 Å². The monoisotopic (exact) mass is 549 g/mol. The predicted octanol–water partition coefficient (Wildman–Crippen LogP) is 4.84. The lowest BCUT2D eigenvalue weighted by atomic mass is 10.2. The molecule has 9 heteroatoms. The first kappa shape index (κ1) is 23.4. The number of aromatic hydroxyl groups is 1. The fourth-order valence-electron chi connectivity index (χ4n) is 4.11. The molecule has 0 spiro atoms. The molecule has 0 unspecified atom stereocenters. The van der Waals surface area contributed by atoms with Crippen molar-refractivity contribution < 1.29 is 9.90 Å². The van der Waals surface area contributed by atoms with E-state index >= 15 is 0 Å².